The van der Waals surface area contributed by atoms with Gasteiger partial charge in [-0.3, -0.25) is 14.5 Å². The lowest BCUT2D eigenvalue weighted by atomic mass is 9.84. The summed E-state index contributed by atoms with van der Waals surface area (Å²) in [5.74, 6) is 1.15. The molecule has 27 heavy (non-hydrogen) atoms. The van der Waals surface area contributed by atoms with Crippen LogP contribution in [0.2, 0.25) is 0 Å². The van der Waals surface area contributed by atoms with Crippen LogP contribution >= 0.6 is 0 Å². The van der Waals surface area contributed by atoms with Crippen LogP contribution in [0.1, 0.15) is 64.2 Å². The number of carbonyl (C=O) groups is 2. The van der Waals surface area contributed by atoms with E-state index in [1.807, 2.05) is 0 Å². The normalized spacial score (nSPS) is 27.9. The van der Waals surface area contributed by atoms with E-state index in [0.717, 1.165) is 65.0 Å². The summed E-state index contributed by atoms with van der Waals surface area (Å²) in [5, 5.41) is 9.70. The lowest BCUT2D eigenvalue weighted by Gasteiger charge is -2.30. The van der Waals surface area contributed by atoms with Gasteiger partial charge in [0.25, 0.3) is 0 Å². The van der Waals surface area contributed by atoms with E-state index in [9.17, 15) is 9.59 Å². The molecule has 2 saturated carbocycles. The Labute approximate surface area is 164 Å². The van der Waals surface area contributed by atoms with E-state index in [0.29, 0.717) is 12.3 Å². The molecule has 154 valence electrons. The Morgan fingerprint density at radius 1 is 0.926 bits per heavy atom. The average molecular weight is 379 g/mol. The third kappa shape index (κ3) is 7.07. The second-order valence-corrected chi connectivity index (χ2v) is 8.71. The van der Waals surface area contributed by atoms with Crippen molar-refractivity contribution in [2.24, 2.45) is 11.8 Å². The molecule has 1 saturated heterocycles. The fraction of sp³-hybridized carbons (Fsp3) is 0.905. The van der Waals surface area contributed by atoms with Gasteiger partial charge < -0.3 is 16.0 Å². The Bertz CT molecular complexity index is 465. The first kappa shape index (κ1) is 20.6. The number of rotatable bonds is 7. The molecule has 0 unspecified atom stereocenters. The number of carbonyl (C=O) groups excluding carboxylic acids is 2. The Hall–Kier alpha value is -1.14. The number of hydrogen-bond donors (Lipinski definition) is 3. The number of piperazine rings is 1. The number of amides is 2. The van der Waals surface area contributed by atoms with Crippen LogP contribution in [0.5, 0.6) is 0 Å². The molecule has 0 aromatic heterocycles. The predicted octanol–water partition coefficient (Wildman–Crippen LogP) is 1.65. The maximum Gasteiger partial charge on any atom is 0.223 e. The molecule has 2 aliphatic carbocycles. The molecule has 0 spiro atoms. The van der Waals surface area contributed by atoms with Crippen LogP contribution in [0, 0.1) is 11.8 Å². The molecule has 6 heteroatoms. The summed E-state index contributed by atoms with van der Waals surface area (Å²) in [7, 11) is 0. The van der Waals surface area contributed by atoms with Crippen LogP contribution < -0.4 is 16.0 Å². The molecule has 1 aliphatic heterocycles. The van der Waals surface area contributed by atoms with E-state index in [2.05, 4.69) is 20.9 Å². The van der Waals surface area contributed by atoms with Crippen molar-refractivity contribution in [1.82, 2.24) is 20.9 Å². The topological polar surface area (TPSA) is 73.5 Å². The van der Waals surface area contributed by atoms with Gasteiger partial charge in [-0.1, -0.05) is 19.3 Å². The highest BCUT2D eigenvalue weighted by Gasteiger charge is 2.27. The molecule has 3 fully saturated rings. The van der Waals surface area contributed by atoms with E-state index < -0.39 is 0 Å². The van der Waals surface area contributed by atoms with Crippen molar-refractivity contribution in [2.45, 2.75) is 70.3 Å². The predicted molar refractivity (Wildman–Crippen MR) is 107 cm³/mol. The smallest absolute Gasteiger partial charge is 0.223 e. The van der Waals surface area contributed by atoms with Crippen LogP contribution in [-0.2, 0) is 9.59 Å². The SMILES string of the molecule is O=C(CC1CCCCC1)NC1CCC(C(=O)NCCN2CCNCC2)CC1. The van der Waals surface area contributed by atoms with Gasteiger partial charge in [0.1, 0.15) is 0 Å². The molecule has 0 bridgehead atoms. The highest BCUT2D eigenvalue weighted by atomic mass is 16.2. The minimum atomic E-state index is 0.125. The highest BCUT2D eigenvalue weighted by molar-refractivity contribution is 5.79. The van der Waals surface area contributed by atoms with Gasteiger partial charge in [-0.15, -0.1) is 0 Å². The molecule has 2 amide bonds. The van der Waals surface area contributed by atoms with E-state index >= 15 is 0 Å². The fourth-order valence-corrected chi connectivity index (χ4v) is 4.86. The van der Waals surface area contributed by atoms with Crippen molar-refractivity contribution < 1.29 is 9.59 Å². The zero-order valence-corrected chi connectivity index (χ0v) is 16.8. The maximum atomic E-state index is 12.4. The first-order valence-corrected chi connectivity index (χ1v) is 11.2. The van der Waals surface area contributed by atoms with Crippen molar-refractivity contribution in [1.29, 1.82) is 0 Å². The van der Waals surface area contributed by atoms with Gasteiger partial charge in [-0.2, -0.15) is 0 Å². The molecule has 3 rings (SSSR count). The first-order valence-electron chi connectivity index (χ1n) is 11.2. The molecule has 3 aliphatic rings. The lowest BCUT2D eigenvalue weighted by Crippen LogP contribution is -2.47. The third-order valence-corrected chi connectivity index (χ3v) is 6.60. The van der Waals surface area contributed by atoms with Crippen molar-refractivity contribution in [3.63, 3.8) is 0 Å². The maximum absolute atomic E-state index is 12.4. The van der Waals surface area contributed by atoms with E-state index in [-0.39, 0.29) is 23.8 Å². The van der Waals surface area contributed by atoms with Crippen LogP contribution in [0.15, 0.2) is 0 Å². The van der Waals surface area contributed by atoms with Crippen LogP contribution in [0.3, 0.4) is 0 Å². The lowest BCUT2D eigenvalue weighted by molar-refractivity contribution is -0.126. The van der Waals surface area contributed by atoms with E-state index in [1.54, 1.807) is 0 Å². The standard InChI is InChI=1S/C21H38N4O2/c26-20(16-17-4-2-1-3-5-17)24-19-8-6-18(7-9-19)21(27)23-12-15-25-13-10-22-11-14-25/h17-19,22H,1-16H2,(H,23,27)(H,24,26). The monoisotopic (exact) mass is 378 g/mol. The molecule has 6 nitrogen and oxygen atoms in total. The Morgan fingerprint density at radius 3 is 2.33 bits per heavy atom. The quantitative estimate of drug-likeness (QED) is 0.630. The highest BCUT2D eigenvalue weighted by Crippen LogP contribution is 2.27. The van der Waals surface area contributed by atoms with Crippen molar-refractivity contribution in [3.8, 4) is 0 Å². The zero-order chi connectivity index (χ0) is 18.9. The number of nitrogens with zero attached hydrogens (tertiary/aromatic N) is 1. The summed E-state index contributed by atoms with van der Waals surface area (Å²) in [6, 6.07) is 0.269. The van der Waals surface area contributed by atoms with Gasteiger partial charge in [-0.05, 0) is 44.4 Å². The van der Waals surface area contributed by atoms with Crippen molar-refractivity contribution in [3.05, 3.63) is 0 Å². The Morgan fingerprint density at radius 2 is 1.63 bits per heavy atom. The third-order valence-electron chi connectivity index (χ3n) is 6.60. The van der Waals surface area contributed by atoms with Crippen molar-refractivity contribution in [2.75, 3.05) is 39.3 Å². The van der Waals surface area contributed by atoms with Crippen LogP contribution in [-0.4, -0.2) is 62.0 Å². The zero-order valence-electron chi connectivity index (χ0n) is 16.8. The summed E-state index contributed by atoms with van der Waals surface area (Å²) >= 11 is 0. The van der Waals surface area contributed by atoms with Crippen molar-refractivity contribution >= 4 is 11.8 Å². The summed E-state index contributed by atoms with van der Waals surface area (Å²) < 4.78 is 0. The van der Waals surface area contributed by atoms with Gasteiger partial charge in [0.15, 0.2) is 0 Å². The van der Waals surface area contributed by atoms with Crippen LogP contribution in [0.25, 0.3) is 0 Å². The summed E-state index contributed by atoms with van der Waals surface area (Å²) in [4.78, 5) is 27.1. The summed E-state index contributed by atoms with van der Waals surface area (Å²) in [6.45, 7) is 5.93. The molecular formula is C21H38N4O2. The van der Waals surface area contributed by atoms with Crippen LogP contribution in [0.4, 0.5) is 0 Å². The molecular weight excluding hydrogens is 340 g/mol. The average Bonchev–Trinajstić information content (AvgIpc) is 2.70. The van der Waals surface area contributed by atoms with E-state index in [4.69, 9.17) is 0 Å². The first-order chi connectivity index (χ1) is 13.2. The number of nitrogens with one attached hydrogen (secondary N) is 3. The minimum Gasteiger partial charge on any atom is -0.355 e. The second kappa shape index (κ2) is 11.0. The number of hydrogen-bond acceptors (Lipinski definition) is 4. The van der Waals surface area contributed by atoms with E-state index in [1.165, 1.54) is 32.1 Å². The molecule has 1 heterocycles. The second-order valence-electron chi connectivity index (χ2n) is 8.71. The molecule has 0 radical (unpaired) electrons. The molecule has 0 aromatic carbocycles. The summed E-state index contributed by atoms with van der Waals surface area (Å²) in [5.41, 5.74) is 0. The Kier molecular flexibility index (Phi) is 8.39. The fourth-order valence-electron chi connectivity index (χ4n) is 4.86. The molecule has 3 N–H and O–H groups in total. The largest absolute Gasteiger partial charge is 0.355 e. The Balaban J connectivity index is 1.27. The van der Waals surface area contributed by atoms with Gasteiger partial charge in [0, 0.05) is 57.6 Å². The van der Waals surface area contributed by atoms with Gasteiger partial charge in [0.05, 0.1) is 0 Å². The van der Waals surface area contributed by atoms with Gasteiger partial charge in [-0.25, -0.2) is 0 Å². The molecule has 0 aromatic rings. The minimum absolute atomic E-state index is 0.125. The van der Waals surface area contributed by atoms with Gasteiger partial charge in [0.2, 0.25) is 11.8 Å². The summed E-state index contributed by atoms with van der Waals surface area (Å²) in [6.07, 6.45) is 10.7. The van der Waals surface area contributed by atoms with Gasteiger partial charge >= 0.3 is 0 Å². The molecule has 0 atom stereocenters.